The fourth-order valence-corrected chi connectivity index (χ4v) is 5.58. The number of nitrogens with one attached hydrogen (secondary N) is 1. The number of amides is 1. The quantitative estimate of drug-likeness (QED) is 0.508. The van der Waals surface area contributed by atoms with E-state index < -0.39 is 15.9 Å². The maximum Gasteiger partial charge on any atom is 0.266 e. The van der Waals surface area contributed by atoms with Gasteiger partial charge in [-0.15, -0.1) is 0 Å². The summed E-state index contributed by atoms with van der Waals surface area (Å²) in [7, 11) is -4.02. The molecule has 34 heavy (non-hydrogen) atoms. The Balaban J connectivity index is 1.46. The van der Waals surface area contributed by atoms with Crippen LogP contribution in [0.4, 0.5) is 5.82 Å². The van der Waals surface area contributed by atoms with Gasteiger partial charge in [0.15, 0.2) is 0 Å². The van der Waals surface area contributed by atoms with Gasteiger partial charge >= 0.3 is 0 Å². The maximum absolute atomic E-state index is 12.7. The molecule has 1 amide bonds. The van der Waals surface area contributed by atoms with E-state index in [1.54, 1.807) is 42.7 Å². The smallest absolute Gasteiger partial charge is 0.266 e. The number of nitrogens with zero attached hydrogens (tertiary/aromatic N) is 3. The highest BCUT2D eigenvalue weighted by Crippen LogP contribution is 2.34. The van der Waals surface area contributed by atoms with Crippen molar-refractivity contribution < 1.29 is 13.2 Å². The van der Waals surface area contributed by atoms with E-state index in [0.29, 0.717) is 9.92 Å². The molecule has 1 aliphatic rings. The van der Waals surface area contributed by atoms with Crippen LogP contribution in [0, 0.1) is 0 Å². The zero-order valence-electron chi connectivity index (χ0n) is 18.4. The first-order chi connectivity index (χ1) is 16.1. The van der Waals surface area contributed by atoms with Crippen LogP contribution in [-0.4, -0.2) is 42.9 Å². The van der Waals surface area contributed by atoms with Crippen molar-refractivity contribution in [1.29, 1.82) is 0 Å². The van der Waals surface area contributed by atoms with Crippen molar-refractivity contribution in [2.24, 2.45) is 5.73 Å². The number of benzene rings is 2. The zero-order valence-corrected chi connectivity index (χ0v) is 20.8. The fraction of sp³-hybridized carbons (Fsp3) is 0.261. The molecule has 0 spiro atoms. The third-order valence-corrected chi connectivity index (χ3v) is 8.39. The number of carbonyl (C=O) groups is 1. The van der Waals surface area contributed by atoms with Crippen LogP contribution in [0.3, 0.4) is 0 Å². The molecule has 0 radical (unpaired) electrons. The lowest BCUT2D eigenvalue weighted by Gasteiger charge is -2.37. The highest BCUT2D eigenvalue weighted by Gasteiger charge is 2.26. The van der Waals surface area contributed by atoms with Gasteiger partial charge in [0.05, 0.1) is 27.9 Å². The van der Waals surface area contributed by atoms with Gasteiger partial charge in [-0.1, -0.05) is 47.6 Å². The van der Waals surface area contributed by atoms with Gasteiger partial charge in [0.1, 0.15) is 10.8 Å². The molecule has 0 unspecified atom stereocenters. The number of sulfonamides is 1. The lowest BCUT2D eigenvalue weighted by molar-refractivity contribution is 0.0981. The fourth-order valence-electron chi connectivity index (χ4n) is 3.49. The number of nitrogens with two attached hydrogens (primary N) is 1. The number of piperidine rings is 1. The van der Waals surface area contributed by atoms with Gasteiger partial charge in [0, 0.05) is 23.5 Å². The summed E-state index contributed by atoms with van der Waals surface area (Å²) >= 11 is 7.71. The Bertz CT molecular complexity index is 1280. The molecule has 8 nitrogen and oxygen atoms in total. The molecule has 4 rings (SSSR count). The molecule has 3 N–H and O–H groups in total. The largest absolute Gasteiger partial charge is 0.355 e. The standard InChI is InChI=1S/C23H24ClN5O3S2/c1-23(25)10-12-29(13-11-23)19-14-27-20(15-26-19)33-18-9-5-8-17(21(18)24)22(30)28-34(31,32)16-6-3-2-4-7-16/h2-9,14-15H,10-13,25H2,1H3,(H,28,30). The average molecular weight is 518 g/mol. The van der Waals surface area contributed by atoms with Gasteiger partial charge in [-0.05, 0) is 44.0 Å². The number of hydrogen-bond acceptors (Lipinski definition) is 8. The van der Waals surface area contributed by atoms with Crippen molar-refractivity contribution in [1.82, 2.24) is 14.7 Å². The second-order valence-electron chi connectivity index (χ2n) is 8.32. The molecule has 1 saturated heterocycles. The zero-order chi connectivity index (χ0) is 24.3. The first-order valence-electron chi connectivity index (χ1n) is 10.6. The first kappa shape index (κ1) is 24.5. The van der Waals surface area contributed by atoms with Gasteiger partial charge in [0.25, 0.3) is 15.9 Å². The van der Waals surface area contributed by atoms with Crippen LogP contribution in [0.2, 0.25) is 5.02 Å². The Morgan fingerprint density at radius 1 is 1.09 bits per heavy atom. The molecule has 1 aliphatic heterocycles. The lowest BCUT2D eigenvalue weighted by Crippen LogP contribution is -2.48. The Labute approximate surface area is 208 Å². The third-order valence-electron chi connectivity index (χ3n) is 5.55. The van der Waals surface area contributed by atoms with Crippen LogP contribution in [0.5, 0.6) is 0 Å². The Morgan fingerprint density at radius 3 is 2.44 bits per heavy atom. The van der Waals surface area contributed by atoms with Gasteiger partial charge in [-0.2, -0.15) is 0 Å². The van der Waals surface area contributed by atoms with Crippen LogP contribution in [0.15, 0.2) is 75.7 Å². The van der Waals surface area contributed by atoms with Crippen LogP contribution >= 0.6 is 23.4 Å². The molecule has 2 heterocycles. The molecule has 1 fully saturated rings. The normalized spacial score (nSPS) is 15.7. The Kier molecular flexibility index (Phi) is 7.13. The Morgan fingerprint density at radius 2 is 1.79 bits per heavy atom. The minimum Gasteiger partial charge on any atom is -0.355 e. The molecule has 1 aromatic heterocycles. The summed E-state index contributed by atoms with van der Waals surface area (Å²) in [4.78, 5) is 24.4. The molecule has 2 aromatic carbocycles. The van der Waals surface area contributed by atoms with Crippen LogP contribution in [-0.2, 0) is 10.0 Å². The summed E-state index contributed by atoms with van der Waals surface area (Å²) < 4.78 is 27.1. The van der Waals surface area contributed by atoms with Crippen LogP contribution < -0.4 is 15.4 Å². The highest BCUT2D eigenvalue weighted by atomic mass is 35.5. The number of rotatable bonds is 6. The Hall–Kier alpha value is -2.66. The van der Waals surface area contributed by atoms with E-state index in [2.05, 4.69) is 26.5 Å². The molecule has 11 heteroatoms. The van der Waals surface area contributed by atoms with E-state index in [1.807, 2.05) is 0 Å². The van der Waals surface area contributed by atoms with Crippen LogP contribution in [0.25, 0.3) is 0 Å². The lowest BCUT2D eigenvalue weighted by atomic mass is 9.91. The summed E-state index contributed by atoms with van der Waals surface area (Å²) in [6, 6.07) is 12.5. The predicted octanol–water partition coefficient (Wildman–Crippen LogP) is 3.72. The number of halogens is 1. The van der Waals surface area contributed by atoms with Crippen molar-refractivity contribution in [3.05, 3.63) is 71.5 Å². The number of aromatic nitrogens is 2. The summed E-state index contributed by atoms with van der Waals surface area (Å²) in [5.74, 6) is -0.0278. The molecule has 0 atom stereocenters. The topological polar surface area (TPSA) is 118 Å². The summed E-state index contributed by atoms with van der Waals surface area (Å²) in [5.41, 5.74) is 6.10. The molecular weight excluding hydrogens is 494 g/mol. The van der Waals surface area contributed by atoms with Crippen molar-refractivity contribution >= 4 is 45.1 Å². The first-order valence-corrected chi connectivity index (χ1v) is 13.3. The van der Waals surface area contributed by atoms with Crippen molar-refractivity contribution in [3.63, 3.8) is 0 Å². The maximum atomic E-state index is 12.7. The van der Waals surface area contributed by atoms with Gasteiger partial charge in [0.2, 0.25) is 0 Å². The van der Waals surface area contributed by atoms with Gasteiger partial charge < -0.3 is 10.6 Å². The number of hydrogen-bond donors (Lipinski definition) is 2. The summed E-state index contributed by atoms with van der Waals surface area (Å²) in [6.07, 6.45) is 5.13. The van der Waals surface area contributed by atoms with E-state index in [-0.39, 0.29) is 21.0 Å². The molecular formula is C23H24ClN5O3S2. The summed E-state index contributed by atoms with van der Waals surface area (Å²) in [6.45, 7) is 3.71. The van der Waals surface area contributed by atoms with E-state index in [0.717, 1.165) is 31.7 Å². The van der Waals surface area contributed by atoms with Crippen molar-refractivity contribution in [3.8, 4) is 0 Å². The van der Waals surface area contributed by atoms with E-state index in [9.17, 15) is 13.2 Å². The monoisotopic (exact) mass is 517 g/mol. The second-order valence-corrected chi connectivity index (χ2v) is 11.4. The molecule has 3 aromatic rings. The molecule has 0 saturated carbocycles. The van der Waals surface area contributed by atoms with Crippen molar-refractivity contribution in [2.75, 3.05) is 18.0 Å². The number of anilines is 1. The minimum absolute atomic E-state index is 0.00911. The predicted molar refractivity (Wildman–Crippen MR) is 133 cm³/mol. The van der Waals surface area contributed by atoms with Crippen molar-refractivity contribution in [2.45, 2.75) is 40.1 Å². The van der Waals surface area contributed by atoms with Crippen LogP contribution in [0.1, 0.15) is 30.1 Å². The SMILES string of the molecule is CC1(N)CCN(c2cnc(Sc3cccc(C(=O)NS(=O)(=O)c4ccccc4)c3Cl)cn2)CC1. The van der Waals surface area contributed by atoms with E-state index in [1.165, 1.54) is 30.0 Å². The molecule has 0 aliphatic carbocycles. The van der Waals surface area contributed by atoms with E-state index >= 15 is 0 Å². The minimum atomic E-state index is -4.02. The second kappa shape index (κ2) is 9.91. The molecule has 178 valence electrons. The van der Waals surface area contributed by atoms with Gasteiger partial charge in [-0.25, -0.2) is 23.1 Å². The third kappa shape index (κ3) is 5.69. The number of carbonyl (C=O) groups excluding carboxylic acids is 1. The summed E-state index contributed by atoms with van der Waals surface area (Å²) in [5, 5.41) is 0.734. The van der Waals surface area contributed by atoms with Gasteiger partial charge in [-0.3, -0.25) is 4.79 Å². The highest BCUT2D eigenvalue weighted by molar-refractivity contribution is 7.99. The average Bonchev–Trinajstić information content (AvgIpc) is 2.81. The molecule has 0 bridgehead atoms. The van der Waals surface area contributed by atoms with E-state index in [4.69, 9.17) is 17.3 Å².